The fraction of sp³-hybridized carbons (Fsp3) is 0.250. The number of rotatable bonds is 7. The number of benzene rings is 1. The Balaban J connectivity index is 2.71. The number of nitrogens with one attached hydrogen (secondary N) is 2. The van der Waals surface area contributed by atoms with Gasteiger partial charge in [-0.1, -0.05) is 12.1 Å². The zero-order valence-electron chi connectivity index (χ0n) is 10.4. The third-order valence-corrected chi connectivity index (χ3v) is 2.53. The van der Waals surface area contributed by atoms with Crippen molar-refractivity contribution in [2.24, 2.45) is 0 Å². The molecule has 108 valence electrons. The Kier molecular flexibility index (Phi) is 5.63. The molecule has 0 aromatic heterocycles. The van der Waals surface area contributed by atoms with Gasteiger partial charge in [0.25, 0.3) is 5.91 Å². The minimum absolute atomic E-state index is 0.0886. The normalized spacial score (nSPS) is 11.7. The molecule has 1 aromatic rings. The maximum atomic E-state index is 11.3. The first-order valence-corrected chi connectivity index (χ1v) is 5.65. The van der Waals surface area contributed by atoms with Crippen molar-refractivity contribution in [3.63, 3.8) is 0 Å². The average Bonchev–Trinajstić information content (AvgIpc) is 2.42. The van der Waals surface area contributed by atoms with E-state index in [0.717, 1.165) is 0 Å². The van der Waals surface area contributed by atoms with E-state index in [1.54, 1.807) is 12.1 Å². The standard InChI is InChI=1S/C12H14N2O6/c15-10(16)5-9(11(17)14-20)13-6-7-2-1-3-8(4-7)12(18)19/h1-4,9,13,20H,5-6H2,(H,14,17)(H,15,16)(H,18,19)/t9-/m1/s1. The van der Waals surface area contributed by atoms with Crippen LogP contribution in [-0.2, 0) is 16.1 Å². The third kappa shape index (κ3) is 4.67. The Morgan fingerprint density at radius 1 is 1.20 bits per heavy atom. The molecular formula is C12H14N2O6. The number of amides is 1. The summed E-state index contributed by atoms with van der Waals surface area (Å²) in [5, 5.41) is 28.7. The minimum Gasteiger partial charge on any atom is -0.481 e. The first kappa shape index (κ1) is 15.6. The van der Waals surface area contributed by atoms with E-state index in [1.165, 1.54) is 17.6 Å². The summed E-state index contributed by atoms with van der Waals surface area (Å²) >= 11 is 0. The lowest BCUT2D eigenvalue weighted by Crippen LogP contribution is -2.44. The molecule has 1 amide bonds. The van der Waals surface area contributed by atoms with Crippen LogP contribution < -0.4 is 10.8 Å². The molecule has 8 heteroatoms. The van der Waals surface area contributed by atoms with Gasteiger partial charge in [0.05, 0.1) is 18.0 Å². The maximum Gasteiger partial charge on any atom is 0.335 e. The number of hydrogen-bond donors (Lipinski definition) is 5. The first-order chi connectivity index (χ1) is 9.43. The molecule has 0 aliphatic heterocycles. The molecule has 0 unspecified atom stereocenters. The van der Waals surface area contributed by atoms with E-state index >= 15 is 0 Å². The van der Waals surface area contributed by atoms with Crippen molar-refractivity contribution < 1.29 is 29.8 Å². The predicted octanol–water partition coefficient (Wildman–Crippen LogP) is -0.177. The second kappa shape index (κ2) is 7.22. The summed E-state index contributed by atoms with van der Waals surface area (Å²) in [6, 6.07) is 4.88. The van der Waals surface area contributed by atoms with Crippen molar-refractivity contribution >= 4 is 17.8 Å². The predicted molar refractivity (Wildman–Crippen MR) is 66.2 cm³/mol. The van der Waals surface area contributed by atoms with Gasteiger partial charge in [0.1, 0.15) is 0 Å². The van der Waals surface area contributed by atoms with E-state index in [-0.39, 0.29) is 12.1 Å². The Bertz CT molecular complexity index is 516. The SMILES string of the molecule is O=C(O)C[C@@H](NCc1cccc(C(=O)O)c1)C(=O)NO. The van der Waals surface area contributed by atoms with Crippen molar-refractivity contribution in [3.8, 4) is 0 Å². The molecule has 1 atom stereocenters. The average molecular weight is 282 g/mol. The van der Waals surface area contributed by atoms with E-state index in [0.29, 0.717) is 5.56 Å². The lowest BCUT2D eigenvalue weighted by atomic mass is 10.1. The first-order valence-electron chi connectivity index (χ1n) is 5.65. The largest absolute Gasteiger partial charge is 0.481 e. The van der Waals surface area contributed by atoms with Gasteiger partial charge < -0.3 is 15.5 Å². The fourth-order valence-electron chi connectivity index (χ4n) is 1.57. The Morgan fingerprint density at radius 2 is 1.90 bits per heavy atom. The van der Waals surface area contributed by atoms with Crippen LogP contribution in [0, 0.1) is 0 Å². The van der Waals surface area contributed by atoms with Gasteiger partial charge in [-0.3, -0.25) is 14.8 Å². The van der Waals surface area contributed by atoms with Crippen LogP contribution in [0.1, 0.15) is 22.3 Å². The molecule has 0 radical (unpaired) electrons. The number of aromatic carboxylic acids is 1. The lowest BCUT2D eigenvalue weighted by molar-refractivity contribution is -0.141. The third-order valence-electron chi connectivity index (χ3n) is 2.53. The van der Waals surface area contributed by atoms with Gasteiger partial charge >= 0.3 is 11.9 Å². The van der Waals surface area contributed by atoms with Crippen LogP contribution in [0.3, 0.4) is 0 Å². The van der Waals surface area contributed by atoms with Crippen molar-refractivity contribution in [1.29, 1.82) is 0 Å². The monoisotopic (exact) mass is 282 g/mol. The van der Waals surface area contributed by atoms with Crippen LogP contribution in [-0.4, -0.2) is 39.3 Å². The van der Waals surface area contributed by atoms with Crippen LogP contribution in [0.5, 0.6) is 0 Å². The Hall–Kier alpha value is -2.45. The molecule has 20 heavy (non-hydrogen) atoms. The Morgan fingerprint density at radius 3 is 2.45 bits per heavy atom. The number of hydrogen-bond acceptors (Lipinski definition) is 5. The maximum absolute atomic E-state index is 11.3. The van der Waals surface area contributed by atoms with Crippen LogP contribution in [0.2, 0.25) is 0 Å². The summed E-state index contributed by atoms with van der Waals surface area (Å²) < 4.78 is 0. The smallest absolute Gasteiger partial charge is 0.335 e. The van der Waals surface area contributed by atoms with Gasteiger partial charge in [-0.15, -0.1) is 0 Å². The van der Waals surface area contributed by atoms with Gasteiger partial charge in [0, 0.05) is 6.54 Å². The van der Waals surface area contributed by atoms with Gasteiger partial charge in [0.2, 0.25) is 0 Å². The number of carboxylic acids is 2. The van der Waals surface area contributed by atoms with Gasteiger partial charge in [-0.25, -0.2) is 10.3 Å². The highest BCUT2D eigenvalue weighted by Crippen LogP contribution is 2.06. The summed E-state index contributed by atoms with van der Waals surface area (Å²) in [5.41, 5.74) is 2.04. The molecule has 0 aliphatic rings. The second-order valence-corrected chi connectivity index (χ2v) is 4.01. The number of carboxylic acid groups (broad SMARTS) is 2. The number of hydroxylamine groups is 1. The topological polar surface area (TPSA) is 136 Å². The minimum atomic E-state index is -1.20. The zero-order valence-corrected chi connectivity index (χ0v) is 10.4. The van der Waals surface area contributed by atoms with Crippen LogP contribution >= 0.6 is 0 Å². The van der Waals surface area contributed by atoms with E-state index in [1.807, 2.05) is 0 Å². The number of carbonyl (C=O) groups excluding carboxylic acids is 1. The fourth-order valence-corrected chi connectivity index (χ4v) is 1.57. The summed E-state index contributed by atoms with van der Waals surface area (Å²) in [7, 11) is 0. The van der Waals surface area contributed by atoms with E-state index in [9.17, 15) is 14.4 Å². The lowest BCUT2D eigenvalue weighted by Gasteiger charge is -2.14. The molecule has 0 aliphatic carbocycles. The Labute approximate surface area is 114 Å². The highest BCUT2D eigenvalue weighted by molar-refractivity contribution is 5.87. The van der Waals surface area contributed by atoms with Crippen LogP contribution in [0.4, 0.5) is 0 Å². The molecular weight excluding hydrogens is 268 g/mol. The zero-order chi connectivity index (χ0) is 15.1. The van der Waals surface area contributed by atoms with Crippen LogP contribution in [0.25, 0.3) is 0 Å². The molecule has 0 saturated carbocycles. The van der Waals surface area contributed by atoms with Crippen molar-refractivity contribution in [3.05, 3.63) is 35.4 Å². The van der Waals surface area contributed by atoms with E-state index in [2.05, 4.69) is 5.32 Å². The van der Waals surface area contributed by atoms with Crippen molar-refractivity contribution in [1.82, 2.24) is 10.8 Å². The second-order valence-electron chi connectivity index (χ2n) is 4.01. The molecule has 0 bridgehead atoms. The van der Waals surface area contributed by atoms with Gasteiger partial charge in [-0.05, 0) is 17.7 Å². The van der Waals surface area contributed by atoms with Crippen molar-refractivity contribution in [2.45, 2.75) is 19.0 Å². The van der Waals surface area contributed by atoms with Crippen LogP contribution in [0.15, 0.2) is 24.3 Å². The molecule has 0 fully saturated rings. The summed E-state index contributed by atoms with van der Waals surface area (Å²) in [6.07, 6.45) is -0.509. The summed E-state index contributed by atoms with van der Waals surface area (Å²) in [6.45, 7) is 0.0898. The molecule has 5 N–H and O–H groups in total. The molecule has 1 rings (SSSR count). The molecule has 0 saturated heterocycles. The van der Waals surface area contributed by atoms with Gasteiger partial charge in [-0.2, -0.15) is 0 Å². The summed E-state index contributed by atoms with van der Waals surface area (Å²) in [5.74, 6) is -3.16. The molecule has 0 spiro atoms. The quantitative estimate of drug-likeness (QED) is 0.346. The van der Waals surface area contributed by atoms with E-state index in [4.69, 9.17) is 15.4 Å². The van der Waals surface area contributed by atoms with Crippen molar-refractivity contribution in [2.75, 3.05) is 0 Å². The number of carbonyl (C=O) groups is 3. The molecule has 0 heterocycles. The number of aliphatic carboxylic acids is 1. The van der Waals surface area contributed by atoms with E-state index < -0.39 is 30.3 Å². The highest BCUT2D eigenvalue weighted by Gasteiger charge is 2.20. The molecule has 8 nitrogen and oxygen atoms in total. The van der Waals surface area contributed by atoms with Gasteiger partial charge in [0.15, 0.2) is 0 Å². The molecule has 1 aromatic carbocycles. The summed E-state index contributed by atoms with van der Waals surface area (Å²) in [4.78, 5) is 32.7. The highest BCUT2D eigenvalue weighted by atomic mass is 16.5.